The third-order valence-corrected chi connectivity index (χ3v) is 4.64. The Morgan fingerprint density at radius 1 is 0.667 bits per heavy atom. The highest BCUT2D eigenvalue weighted by molar-refractivity contribution is 5.70. The normalized spacial score (nSPS) is 10.7. The van der Waals surface area contributed by atoms with Crippen LogP contribution in [-0.2, 0) is 6.42 Å². The summed E-state index contributed by atoms with van der Waals surface area (Å²) in [6.07, 6.45) is 1.95. The van der Waals surface area contributed by atoms with E-state index in [-0.39, 0.29) is 5.56 Å². The van der Waals surface area contributed by atoms with Gasteiger partial charge in [0.1, 0.15) is 0 Å². The van der Waals surface area contributed by atoms with Gasteiger partial charge < -0.3 is 5.21 Å². The summed E-state index contributed by atoms with van der Waals surface area (Å²) < 4.78 is 0.679. The van der Waals surface area contributed by atoms with E-state index in [2.05, 4.69) is 12.1 Å². The first-order valence-electron chi connectivity index (χ1n) is 8.85. The number of hydrogen-bond donors (Lipinski definition) is 1. The van der Waals surface area contributed by atoms with E-state index < -0.39 is 0 Å². The van der Waals surface area contributed by atoms with Crippen LogP contribution in [0, 0.1) is 0 Å². The Morgan fingerprint density at radius 2 is 1.19 bits per heavy atom. The maximum absolute atomic E-state index is 12.3. The van der Waals surface area contributed by atoms with Crippen molar-refractivity contribution in [1.29, 1.82) is 0 Å². The average Bonchev–Trinajstić information content (AvgIpc) is 2.73. The zero-order valence-corrected chi connectivity index (χ0v) is 14.7. The average molecular weight is 353 g/mol. The fourth-order valence-electron chi connectivity index (χ4n) is 3.21. The Bertz CT molecular complexity index is 1100. The predicted molar refractivity (Wildman–Crippen MR) is 108 cm³/mol. The van der Waals surface area contributed by atoms with Crippen molar-refractivity contribution in [2.75, 3.05) is 0 Å². The van der Waals surface area contributed by atoms with Gasteiger partial charge in [-0.1, -0.05) is 84.9 Å². The molecule has 0 bridgehead atoms. The van der Waals surface area contributed by atoms with Crippen LogP contribution in [0.15, 0.2) is 102 Å². The summed E-state index contributed by atoms with van der Waals surface area (Å²) >= 11 is 0. The zero-order valence-electron chi connectivity index (χ0n) is 14.7. The fourth-order valence-corrected chi connectivity index (χ4v) is 3.21. The first-order chi connectivity index (χ1) is 13.2. The molecule has 0 aliphatic rings. The highest BCUT2D eigenvalue weighted by atomic mass is 16.5. The van der Waals surface area contributed by atoms with E-state index in [9.17, 15) is 10.0 Å². The molecule has 27 heavy (non-hydrogen) atoms. The molecule has 0 saturated heterocycles. The van der Waals surface area contributed by atoms with Gasteiger partial charge >= 0.3 is 0 Å². The van der Waals surface area contributed by atoms with Gasteiger partial charge in [-0.25, -0.2) is 0 Å². The maximum atomic E-state index is 12.3. The third-order valence-electron chi connectivity index (χ3n) is 4.64. The Morgan fingerprint density at radius 3 is 1.81 bits per heavy atom. The molecule has 132 valence electrons. The van der Waals surface area contributed by atoms with Crippen molar-refractivity contribution < 1.29 is 5.21 Å². The fraction of sp³-hybridized carbons (Fsp3) is 0.0417. The molecule has 3 nitrogen and oxygen atoms in total. The lowest BCUT2D eigenvalue weighted by atomic mass is 9.99. The predicted octanol–water partition coefficient (Wildman–Crippen LogP) is 5.01. The molecule has 0 radical (unpaired) electrons. The molecule has 0 fully saturated rings. The summed E-state index contributed by atoms with van der Waals surface area (Å²) in [5, 5.41) is 10.1. The van der Waals surface area contributed by atoms with E-state index in [0.29, 0.717) is 16.7 Å². The molecule has 4 aromatic rings. The van der Waals surface area contributed by atoms with Crippen molar-refractivity contribution in [3.63, 3.8) is 0 Å². The van der Waals surface area contributed by atoms with Crippen molar-refractivity contribution in [3.8, 4) is 22.3 Å². The van der Waals surface area contributed by atoms with Crippen LogP contribution in [0.4, 0.5) is 0 Å². The van der Waals surface area contributed by atoms with Gasteiger partial charge in [0.15, 0.2) is 0 Å². The number of aromatic nitrogens is 1. The Balaban J connectivity index is 1.68. The van der Waals surface area contributed by atoms with Gasteiger partial charge in [0, 0.05) is 17.5 Å². The van der Waals surface area contributed by atoms with Crippen LogP contribution in [0.2, 0.25) is 0 Å². The minimum atomic E-state index is -0.386. The minimum absolute atomic E-state index is 0.386. The number of nitrogens with zero attached hydrogens (tertiary/aromatic N) is 1. The number of hydrogen-bond acceptors (Lipinski definition) is 2. The van der Waals surface area contributed by atoms with Gasteiger partial charge in [-0.3, -0.25) is 4.79 Å². The van der Waals surface area contributed by atoms with E-state index in [1.165, 1.54) is 6.20 Å². The Hall–Kier alpha value is -3.59. The highest BCUT2D eigenvalue weighted by Gasteiger charge is 2.09. The summed E-state index contributed by atoms with van der Waals surface area (Å²) in [7, 11) is 0. The van der Waals surface area contributed by atoms with Crippen LogP contribution in [-0.4, -0.2) is 9.94 Å². The van der Waals surface area contributed by atoms with Crippen LogP contribution >= 0.6 is 0 Å². The quantitative estimate of drug-likeness (QED) is 0.524. The molecule has 1 aromatic heterocycles. The number of benzene rings is 3. The van der Waals surface area contributed by atoms with E-state index >= 15 is 0 Å². The molecule has 3 aromatic carbocycles. The zero-order chi connectivity index (χ0) is 18.6. The van der Waals surface area contributed by atoms with Crippen LogP contribution in [0.5, 0.6) is 0 Å². The van der Waals surface area contributed by atoms with Gasteiger partial charge in [0.25, 0.3) is 5.56 Å². The van der Waals surface area contributed by atoms with Crippen molar-refractivity contribution in [3.05, 3.63) is 119 Å². The van der Waals surface area contributed by atoms with Gasteiger partial charge in [-0.05, 0) is 28.3 Å². The SMILES string of the molecule is O=c1c(Cc2ccccc2)cc(-c2ccc(-c3ccccc3)cc2)cn1O. The second-order valence-corrected chi connectivity index (χ2v) is 6.51. The van der Waals surface area contributed by atoms with Crippen molar-refractivity contribution in [1.82, 2.24) is 4.73 Å². The topological polar surface area (TPSA) is 42.2 Å². The van der Waals surface area contributed by atoms with Crippen LogP contribution < -0.4 is 5.56 Å². The largest absolute Gasteiger partial charge is 0.425 e. The summed E-state index contributed by atoms with van der Waals surface area (Å²) in [4.78, 5) is 12.3. The molecule has 1 heterocycles. The van der Waals surface area contributed by atoms with E-state index in [1.807, 2.05) is 78.9 Å². The maximum Gasteiger partial charge on any atom is 0.286 e. The van der Waals surface area contributed by atoms with Crippen molar-refractivity contribution >= 4 is 0 Å². The molecule has 0 aliphatic heterocycles. The smallest absolute Gasteiger partial charge is 0.286 e. The molecule has 3 heteroatoms. The highest BCUT2D eigenvalue weighted by Crippen LogP contribution is 2.25. The van der Waals surface area contributed by atoms with Crippen molar-refractivity contribution in [2.45, 2.75) is 6.42 Å². The molecule has 0 aliphatic carbocycles. The van der Waals surface area contributed by atoms with E-state index in [4.69, 9.17) is 0 Å². The minimum Gasteiger partial charge on any atom is -0.425 e. The van der Waals surface area contributed by atoms with Gasteiger partial charge in [-0.15, -0.1) is 0 Å². The molecule has 4 rings (SSSR count). The molecule has 1 N–H and O–H groups in total. The van der Waals surface area contributed by atoms with Crippen LogP contribution in [0.1, 0.15) is 11.1 Å². The first-order valence-corrected chi connectivity index (χ1v) is 8.85. The molecule has 0 spiro atoms. The van der Waals surface area contributed by atoms with Crippen LogP contribution in [0.3, 0.4) is 0 Å². The number of pyridine rings is 1. The van der Waals surface area contributed by atoms with Crippen LogP contribution in [0.25, 0.3) is 22.3 Å². The van der Waals surface area contributed by atoms with Gasteiger partial charge in [0.05, 0.1) is 6.20 Å². The number of rotatable bonds is 4. The molecular weight excluding hydrogens is 334 g/mol. The molecule has 0 amide bonds. The monoisotopic (exact) mass is 353 g/mol. The molecule has 0 atom stereocenters. The lowest BCUT2D eigenvalue weighted by Crippen LogP contribution is -2.21. The standard InChI is InChI=1S/C24H19NO2/c26-24-22(15-18-7-3-1-4-8-18)16-23(17-25(24)27)21-13-11-20(12-14-21)19-9-5-2-6-10-19/h1-14,16-17,27H,15H2. The van der Waals surface area contributed by atoms with Gasteiger partial charge in [0.2, 0.25) is 0 Å². The molecule has 0 unspecified atom stereocenters. The summed E-state index contributed by atoms with van der Waals surface area (Å²) in [6.45, 7) is 0. The lowest BCUT2D eigenvalue weighted by Gasteiger charge is -2.09. The van der Waals surface area contributed by atoms with E-state index in [1.54, 1.807) is 0 Å². The third kappa shape index (κ3) is 3.67. The second-order valence-electron chi connectivity index (χ2n) is 6.51. The molecule has 0 saturated carbocycles. The summed E-state index contributed by atoms with van der Waals surface area (Å²) in [5.41, 5.74) is 5.25. The van der Waals surface area contributed by atoms with Crippen molar-refractivity contribution in [2.24, 2.45) is 0 Å². The Labute approximate surface area is 157 Å². The summed E-state index contributed by atoms with van der Waals surface area (Å²) in [6, 6.07) is 29.9. The second kappa shape index (κ2) is 7.34. The Kier molecular flexibility index (Phi) is 4.58. The van der Waals surface area contributed by atoms with Gasteiger partial charge in [-0.2, -0.15) is 4.73 Å². The van der Waals surface area contributed by atoms with E-state index in [0.717, 1.165) is 27.8 Å². The summed E-state index contributed by atoms with van der Waals surface area (Å²) in [5.74, 6) is 0. The molecular formula is C24H19NO2. The first kappa shape index (κ1) is 16.9. The lowest BCUT2D eigenvalue weighted by molar-refractivity contribution is 0.174.